The van der Waals surface area contributed by atoms with Crippen molar-refractivity contribution in [2.45, 2.75) is 37.9 Å². The summed E-state index contributed by atoms with van der Waals surface area (Å²) in [6, 6.07) is 14.4. The van der Waals surface area contributed by atoms with Crippen LogP contribution in [-0.2, 0) is 9.59 Å². The van der Waals surface area contributed by atoms with Gasteiger partial charge in [-0.25, -0.2) is 0 Å². The molecule has 0 aromatic heterocycles. The van der Waals surface area contributed by atoms with Gasteiger partial charge in [-0.15, -0.1) is 0 Å². The van der Waals surface area contributed by atoms with Crippen LogP contribution in [0.3, 0.4) is 0 Å². The van der Waals surface area contributed by atoms with Crippen LogP contribution in [-0.4, -0.2) is 30.8 Å². The number of para-hydroxylation sites is 1. The second kappa shape index (κ2) is 8.43. The number of fused-ring (bicyclic) bond motifs is 1. The lowest BCUT2D eigenvalue weighted by atomic mass is 9.94. The molecule has 1 aliphatic heterocycles. The van der Waals surface area contributed by atoms with Crippen molar-refractivity contribution in [1.29, 1.82) is 0 Å². The van der Waals surface area contributed by atoms with Gasteiger partial charge in [-0.3, -0.25) is 9.59 Å². The van der Waals surface area contributed by atoms with Crippen LogP contribution >= 0.6 is 0 Å². The number of hydrogen-bond acceptors (Lipinski definition) is 5. The summed E-state index contributed by atoms with van der Waals surface area (Å²) in [5.41, 5.74) is 0.597. The van der Waals surface area contributed by atoms with E-state index in [-0.39, 0.29) is 25.0 Å². The van der Waals surface area contributed by atoms with Crippen molar-refractivity contribution >= 4 is 17.5 Å². The maximum Gasteiger partial charge on any atom is 0.258 e. The highest BCUT2D eigenvalue weighted by Crippen LogP contribution is 2.46. The smallest absolute Gasteiger partial charge is 0.258 e. The second-order valence-electron chi connectivity index (χ2n) is 7.26. The number of benzene rings is 2. The molecule has 1 fully saturated rings. The molecule has 1 heterocycles. The molecule has 1 spiro atoms. The summed E-state index contributed by atoms with van der Waals surface area (Å²) in [6.07, 6.45) is 5.13. The van der Waals surface area contributed by atoms with Gasteiger partial charge in [0.25, 0.3) is 11.7 Å². The van der Waals surface area contributed by atoms with Crippen LogP contribution in [0.1, 0.15) is 32.1 Å². The molecule has 0 saturated heterocycles. The summed E-state index contributed by atoms with van der Waals surface area (Å²) in [7, 11) is 0. The lowest BCUT2D eigenvalue weighted by Crippen LogP contribution is -2.40. The normalized spacial score (nSPS) is 16.3. The van der Waals surface area contributed by atoms with Crippen molar-refractivity contribution in [3.8, 4) is 17.2 Å². The van der Waals surface area contributed by atoms with E-state index < -0.39 is 5.79 Å². The molecule has 0 radical (unpaired) electrons. The zero-order valence-corrected chi connectivity index (χ0v) is 16.1. The Morgan fingerprint density at radius 2 is 1.69 bits per heavy atom. The molecule has 0 bridgehead atoms. The van der Waals surface area contributed by atoms with E-state index in [0.29, 0.717) is 22.9 Å². The van der Waals surface area contributed by atoms with E-state index in [2.05, 4.69) is 10.6 Å². The Hall–Kier alpha value is -3.22. The van der Waals surface area contributed by atoms with E-state index in [1.807, 2.05) is 18.2 Å². The zero-order chi connectivity index (χ0) is 20.1. The largest absolute Gasteiger partial charge is 0.484 e. The minimum Gasteiger partial charge on any atom is -0.484 e. The minimum absolute atomic E-state index is 0.143. The van der Waals surface area contributed by atoms with Crippen LogP contribution in [0, 0.1) is 0 Å². The molecule has 7 heteroatoms. The van der Waals surface area contributed by atoms with Gasteiger partial charge >= 0.3 is 0 Å². The van der Waals surface area contributed by atoms with Gasteiger partial charge in [-0.2, -0.15) is 0 Å². The first-order chi connectivity index (χ1) is 14.1. The van der Waals surface area contributed by atoms with E-state index in [4.69, 9.17) is 14.2 Å². The van der Waals surface area contributed by atoms with Gasteiger partial charge < -0.3 is 24.8 Å². The Kier molecular flexibility index (Phi) is 5.55. The van der Waals surface area contributed by atoms with E-state index in [1.165, 1.54) is 6.42 Å². The Balaban J connectivity index is 1.24. The standard InChI is InChI=1S/C22H24N2O5/c25-20(14-23-21(26)15-27-17-7-3-1-4-8-17)24-16-9-10-18-19(13-16)29-22(28-18)11-5-2-6-12-22/h1,3-4,7-10,13H,2,5-6,11-12,14-15H2,(H,23,26)(H,24,25). The summed E-state index contributed by atoms with van der Waals surface area (Å²) in [4.78, 5) is 24.0. The van der Waals surface area contributed by atoms with Gasteiger partial charge in [0.15, 0.2) is 18.1 Å². The van der Waals surface area contributed by atoms with Gasteiger partial charge in [0.1, 0.15) is 5.75 Å². The Morgan fingerprint density at radius 3 is 2.48 bits per heavy atom. The van der Waals surface area contributed by atoms with Crippen molar-refractivity contribution in [2.75, 3.05) is 18.5 Å². The molecule has 4 rings (SSSR count). The van der Waals surface area contributed by atoms with Gasteiger partial charge in [-0.05, 0) is 37.1 Å². The molecular weight excluding hydrogens is 372 g/mol. The van der Waals surface area contributed by atoms with Crippen molar-refractivity contribution < 1.29 is 23.8 Å². The van der Waals surface area contributed by atoms with Crippen molar-refractivity contribution in [1.82, 2.24) is 5.32 Å². The monoisotopic (exact) mass is 396 g/mol. The number of nitrogens with one attached hydrogen (secondary N) is 2. The quantitative estimate of drug-likeness (QED) is 0.783. The number of amides is 2. The summed E-state index contributed by atoms with van der Waals surface area (Å²) in [6.45, 7) is -0.293. The minimum atomic E-state index is -0.546. The lowest BCUT2D eigenvalue weighted by molar-refractivity contribution is -0.125. The van der Waals surface area contributed by atoms with E-state index >= 15 is 0 Å². The molecule has 2 aliphatic rings. The van der Waals surface area contributed by atoms with E-state index in [0.717, 1.165) is 25.7 Å². The molecule has 0 unspecified atom stereocenters. The highest BCUT2D eigenvalue weighted by Gasteiger charge is 2.42. The topological polar surface area (TPSA) is 85.9 Å². The summed E-state index contributed by atoms with van der Waals surface area (Å²) >= 11 is 0. The van der Waals surface area contributed by atoms with Crippen LogP contribution in [0.25, 0.3) is 0 Å². The average molecular weight is 396 g/mol. The van der Waals surface area contributed by atoms with Crippen molar-refractivity contribution in [3.63, 3.8) is 0 Å². The van der Waals surface area contributed by atoms with Gasteiger partial charge in [0, 0.05) is 24.6 Å². The molecule has 7 nitrogen and oxygen atoms in total. The van der Waals surface area contributed by atoms with Gasteiger partial charge in [0.05, 0.1) is 6.54 Å². The van der Waals surface area contributed by atoms with Gasteiger partial charge in [-0.1, -0.05) is 24.6 Å². The molecule has 2 aromatic carbocycles. The maximum absolute atomic E-state index is 12.1. The number of ether oxygens (including phenoxy) is 3. The van der Waals surface area contributed by atoms with Gasteiger partial charge in [0.2, 0.25) is 5.91 Å². The Morgan fingerprint density at radius 1 is 0.931 bits per heavy atom. The average Bonchev–Trinajstić information content (AvgIpc) is 3.08. The number of carbonyl (C=O) groups excluding carboxylic acids is 2. The molecule has 2 N–H and O–H groups in total. The highest BCUT2D eigenvalue weighted by molar-refractivity contribution is 5.95. The third kappa shape index (κ3) is 4.80. The fraction of sp³-hybridized carbons (Fsp3) is 0.364. The fourth-order valence-corrected chi connectivity index (χ4v) is 3.57. The third-order valence-electron chi connectivity index (χ3n) is 4.99. The molecule has 2 aromatic rings. The molecule has 29 heavy (non-hydrogen) atoms. The molecular formula is C22H24N2O5. The van der Waals surface area contributed by atoms with Crippen molar-refractivity contribution in [3.05, 3.63) is 48.5 Å². The number of rotatable bonds is 6. The predicted molar refractivity (Wildman–Crippen MR) is 107 cm³/mol. The van der Waals surface area contributed by atoms with Crippen LogP contribution in [0.4, 0.5) is 5.69 Å². The first-order valence-corrected chi connectivity index (χ1v) is 9.88. The van der Waals surface area contributed by atoms with Crippen molar-refractivity contribution in [2.24, 2.45) is 0 Å². The Bertz CT molecular complexity index is 878. The SMILES string of the molecule is O=C(COc1ccccc1)NCC(=O)Nc1ccc2c(c1)OC1(CCCCC1)O2. The predicted octanol–water partition coefficient (Wildman–Crippen LogP) is 3.25. The zero-order valence-electron chi connectivity index (χ0n) is 16.1. The number of carbonyl (C=O) groups is 2. The summed E-state index contributed by atoms with van der Waals surface area (Å²) < 4.78 is 17.5. The molecule has 1 saturated carbocycles. The van der Waals surface area contributed by atoms with Crippen LogP contribution in [0.5, 0.6) is 17.2 Å². The Labute approximate surface area is 169 Å². The van der Waals surface area contributed by atoms with Crippen LogP contribution in [0.2, 0.25) is 0 Å². The summed E-state index contributed by atoms with van der Waals surface area (Å²) in [5, 5.41) is 5.30. The third-order valence-corrected chi connectivity index (χ3v) is 4.99. The number of anilines is 1. The van der Waals surface area contributed by atoms with E-state index in [9.17, 15) is 9.59 Å². The molecule has 2 amide bonds. The molecule has 0 atom stereocenters. The number of hydrogen-bond donors (Lipinski definition) is 2. The molecule has 152 valence electrons. The lowest BCUT2D eigenvalue weighted by Gasteiger charge is -2.31. The second-order valence-corrected chi connectivity index (χ2v) is 7.26. The summed E-state index contributed by atoms with van der Waals surface area (Å²) in [5.74, 6) is 0.707. The van der Waals surface area contributed by atoms with Crippen LogP contribution in [0.15, 0.2) is 48.5 Å². The highest BCUT2D eigenvalue weighted by atomic mass is 16.7. The first-order valence-electron chi connectivity index (χ1n) is 9.88. The first kappa shape index (κ1) is 19.1. The molecule has 1 aliphatic carbocycles. The van der Waals surface area contributed by atoms with E-state index in [1.54, 1.807) is 30.3 Å². The van der Waals surface area contributed by atoms with Crippen LogP contribution < -0.4 is 24.8 Å². The maximum atomic E-state index is 12.1. The fourth-order valence-electron chi connectivity index (χ4n) is 3.57.